The van der Waals surface area contributed by atoms with Crippen LogP contribution < -0.4 is 5.32 Å². The Hall–Kier alpha value is -2.17. The Balaban J connectivity index is 1.36. The monoisotopic (exact) mass is 425 g/mol. The van der Waals surface area contributed by atoms with Gasteiger partial charge in [-0.05, 0) is 18.4 Å². The van der Waals surface area contributed by atoms with Crippen molar-refractivity contribution in [2.24, 2.45) is 0 Å². The molecule has 2 aliphatic rings. The van der Waals surface area contributed by atoms with Gasteiger partial charge in [0.15, 0.2) is 0 Å². The lowest BCUT2D eigenvalue weighted by atomic mass is 10.2. The number of hydrogen-bond donors (Lipinski definition) is 1. The Morgan fingerprint density at radius 3 is 2.52 bits per heavy atom. The molecular weight excluding hydrogens is 398 g/mol. The number of nitrogens with one attached hydrogen (secondary N) is 1. The number of ether oxygens (including phenoxy) is 2. The smallest absolute Gasteiger partial charge is 0.407 e. The highest BCUT2D eigenvalue weighted by Crippen LogP contribution is 2.17. The van der Waals surface area contributed by atoms with Crippen molar-refractivity contribution in [3.05, 3.63) is 35.9 Å². The van der Waals surface area contributed by atoms with Gasteiger partial charge < -0.3 is 19.7 Å². The van der Waals surface area contributed by atoms with Gasteiger partial charge in [0.05, 0.1) is 5.75 Å². The van der Waals surface area contributed by atoms with Gasteiger partial charge >= 0.3 is 6.09 Å². The Bertz CT molecular complexity index is 787. The van der Waals surface area contributed by atoms with Crippen molar-refractivity contribution >= 4 is 22.0 Å². The normalized spacial score (nSPS) is 20.4. The van der Waals surface area contributed by atoms with Gasteiger partial charge in [0.25, 0.3) is 5.91 Å². The minimum absolute atomic E-state index is 0.0367. The van der Waals surface area contributed by atoms with Crippen LogP contribution in [0.2, 0.25) is 0 Å². The molecule has 1 N–H and O–H groups in total. The summed E-state index contributed by atoms with van der Waals surface area (Å²) < 4.78 is 36.8. The van der Waals surface area contributed by atoms with Crippen molar-refractivity contribution in [2.75, 3.05) is 45.1 Å². The highest BCUT2D eigenvalue weighted by atomic mass is 32.2. The van der Waals surface area contributed by atoms with Gasteiger partial charge in [-0.15, -0.1) is 0 Å². The third-order valence-corrected chi connectivity index (χ3v) is 6.86. The second-order valence-electron chi connectivity index (χ2n) is 7.03. The van der Waals surface area contributed by atoms with E-state index >= 15 is 0 Å². The van der Waals surface area contributed by atoms with Crippen LogP contribution in [0.4, 0.5) is 4.79 Å². The molecule has 2 fully saturated rings. The zero-order valence-corrected chi connectivity index (χ0v) is 17.1. The highest BCUT2D eigenvalue weighted by Gasteiger charge is 2.33. The molecule has 2 aliphatic heterocycles. The largest absolute Gasteiger partial charge is 0.445 e. The number of hydrogen-bond acceptors (Lipinski definition) is 6. The zero-order chi connectivity index (χ0) is 20.7. The van der Waals surface area contributed by atoms with Crippen molar-refractivity contribution in [1.82, 2.24) is 14.5 Å². The van der Waals surface area contributed by atoms with Gasteiger partial charge in [-0.2, -0.15) is 4.31 Å². The average Bonchev–Trinajstić information content (AvgIpc) is 3.27. The topological polar surface area (TPSA) is 105 Å². The van der Waals surface area contributed by atoms with Gasteiger partial charge in [-0.25, -0.2) is 13.2 Å². The van der Waals surface area contributed by atoms with Gasteiger partial charge in [0, 0.05) is 39.3 Å². The molecule has 1 atom stereocenters. The summed E-state index contributed by atoms with van der Waals surface area (Å²) in [4.78, 5) is 25.7. The van der Waals surface area contributed by atoms with Crippen molar-refractivity contribution < 1.29 is 27.5 Å². The number of sulfonamides is 1. The number of nitrogens with zero attached hydrogens (tertiary/aromatic N) is 2. The van der Waals surface area contributed by atoms with E-state index in [9.17, 15) is 18.0 Å². The number of rotatable bonds is 7. The predicted molar refractivity (Wildman–Crippen MR) is 106 cm³/mol. The molecule has 1 aromatic rings. The van der Waals surface area contributed by atoms with Crippen LogP contribution >= 0.6 is 0 Å². The SMILES string of the molecule is O=C(NCCS(=O)(=O)N1CCN(C(=O)[C@H]2CCCO2)CC1)OCc1ccccc1. The number of amides is 2. The lowest BCUT2D eigenvalue weighted by Crippen LogP contribution is -2.53. The first kappa shape index (κ1) is 21.5. The van der Waals surface area contributed by atoms with Crippen LogP contribution in [0.3, 0.4) is 0 Å². The molecule has 0 aromatic heterocycles. The summed E-state index contributed by atoms with van der Waals surface area (Å²) in [6.45, 7) is 1.89. The molecule has 0 saturated carbocycles. The van der Waals surface area contributed by atoms with Crippen molar-refractivity contribution in [3.8, 4) is 0 Å². The fourth-order valence-corrected chi connectivity index (χ4v) is 4.69. The van der Waals surface area contributed by atoms with E-state index in [4.69, 9.17) is 9.47 Å². The van der Waals surface area contributed by atoms with Crippen LogP contribution in [0.25, 0.3) is 0 Å². The summed E-state index contributed by atoms with van der Waals surface area (Å²) in [5.41, 5.74) is 0.852. The lowest BCUT2D eigenvalue weighted by molar-refractivity contribution is -0.142. The minimum atomic E-state index is -3.52. The van der Waals surface area contributed by atoms with Crippen molar-refractivity contribution in [2.45, 2.75) is 25.6 Å². The third-order valence-electron chi connectivity index (χ3n) is 4.99. The molecule has 0 radical (unpaired) electrons. The molecule has 1 aromatic carbocycles. The zero-order valence-electron chi connectivity index (χ0n) is 16.3. The standard InChI is InChI=1S/C19H27N3O6S/c23-18(17-7-4-13-27-17)21-9-11-22(12-10-21)29(25,26)14-8-20-19(24)28-15-16-5-2-1-3-6-16/h1-3,5-6,17H,4,7-15H2,(H,20,24)/t17-/m1/s1. The van der Waals surface area contributed by atoms with E-state index in [-0.39, 0.29) is 44.0 Å². The number of carbonyl (C=O) groups is 2. The molecule has 2 saturated heterocycles. The van der Waals surface area contributed by atoms with Crippen LogP contribution in [0, 0.1) is 0 Å². The van der Waals surface area contributed by atoms with Crippen LogP contribution in [0.5, 0.6) is 0 Å². The molecule has 0 aliphatic carbocycles. The van der Waals surface area contributed by atoms with E-state index in [1.165, 1.54) is 4.31 Å². The minimum Gasteiger partial charge on any atom is -0.445 e. The number of carbonyl (C=O) groups excluding carboxylic acids is 2. The molecular formula is C19H27N3O6S. The maximum absolute atomic E-state index is 12.5. The summed E-state index contributed by atoms with van der Waals surface area (Å²) in [5, 5.41) is 2.46. The maximum Gasteiger partial charge on any atom is 0.407 e. The average molecular weight is 426 g/mol. The molecule has 2 amide bonds. The summed E-state index contributed by atoms with van der Waals surface area (Å²) in [6.07, 6.45) is 0.565. The van der Waals surface area contributed by atoms with Gasteiger partial charge in [-0.3, -0.25) is 4.79 Å². The van der Waals surface area contributed by atoms with E-state index in [0.717, 1.165) is 18.4 Å². The number of benzene rings is 1. The fourth-order valence-electron chi connectivity index (χ4n) is 3.35. The summed E-state index contributed by atoms with van der Waals surface area (Å²) in [7, 11) is -3.52. The third kappa shape index (κ3) is 6.15. The molecule has 3 rings (SSSR count). The first-order chi connectivity index (χ1) is 14.0. The molecule has 0 spiro atoms. The quantitative estimate of drug-likeness (QED) is 0.685. The van der Waals surface area contributed by atoms with Crippen molar-refractivity contribution in [3.63, 3.8) is 0 Å². The number of alkyl carbamates (subject to hydrolysis) is 1. The second kappa shape index (κ2) is 10.0. The van der Waals surface area contributed by atoms with Crippen molar-refractivity contribution in [1.29, 1.82) is 0 Å². The Labute approximate surface area is 171 Å². The summed E-state index contributed by atoms with van der Waals surface area (Å²) in [6, 6.07) is 9.23. The van der Waals surface area contributed by atoms with Crippen LogP contribution in [0.1, 0.15) is 18.4 Å². The second-order valence-corrected chi connectivity index (χ2v) is 9.12. The molecule has 2 heterocycles. The van der Waals surface area contributed by atoms with E-state index in [1.54, 1.807) is 4.90 Å². The molecule has 29 heavy (non-hydrogen) atoms. The van der Waals surface area contributed by atoms with E-state index in [1.807, 2.05) is 30.3 Å². The Morgan fingerprint density at radius 2 is 1.86 bits per heavy atom. The Kier molecular flexibility index (Phi) is 7.45. The van der Waals surface area contributed by atoms with Gasteiger partial charge in [0.2, 0.25) is 10.0 Å². The predicted octanol–water partition coefficient (Wildman–Crippen LogP) is 0.566. The van der Waals surface area contributed by atoms with Gasteiger partial charge in [0.1, 0.15) is 12.7 Å². The molecule has 10 heteroatoms. The lowest BCUT2D eigenvalue weighted by Gasteiger charge is -2.35. The molecule has 160 valence electrons. The molecule has 9 nitrogen and oxygen atoms in total. The Morgan fingerprint density at radius 1 is 1.14 bits per heavy atom. The highest BCUT2D eigenvalue weighted by molar-refractivity contribution is 7.89. The first-order valence-electron chi connectivity index (χ1n) is 9.78. The van der Waals surface area contributed by atoms with E-state index in [0.29, 0.717) is 19.7 Å². The van der Waals surface area contributed by atoms with E-state index < -0.39 is 16.1 Å². The van der Waals surface area contributed by atoms with Crippen LogP contribution in [-0.2, 0) is 30.9 Å². The van der Waals surface area contributed by atoms with E-state index in [2.05, 4.69) is 5.32 Å². The molecule has 0 bridgehead atoms. The first-order valence-corrected chi connectivity index (χ1v) is 11.4. The summed E-state index contributed by atoms with van der Waals surface area (Å²) >= 11 is 0. The summed E-state index contributed by atoms with van der Waals surface area (Å²) in [5.74, 6) is -0.269. The van der Waals surface area contributed by atoms with Gasteiger partial charge in [-0.1, -0.05) is 30.3 Å². The van der Waals surface area contributed by atoms with Crippen LogP contribution in [-0.4, -0.2) is 80.8 Å². The molecule has 0 unspecified atom stereocenters. The van der Waals surface area contributed by atoms with Crippen LogP contribution in [0.15, 0.2) is 30.3 Å². The number of piperazine rings is 1. The maximum atomic E-state index is 12.5. The fraction of sp³-hybridized carbons (Fsp3) is 0.579.